The molecule has 1 saturated carbocycles. The third-order valence-electron chi connectivity index (χ3n) is 3.77. The third-order valence-corrected chi connectivity index (χ3v) is 4.14. The van der Waals surface area contributed by atoms with Crippen LogP contribution in [0.4, 0.5) is 0 Å². The maximum Gasteiger partial charge on any atom is 0.169 e. The van der Waals surface area contributed by atoms with E-state index in [1.54, 1.807) is 0 Å². The molecule has 0 radical (unpaired) electrons. The summed E-state index contributed by atoms with van der Waals surface area (Å²) in [6.07, 6.45) is 4.28. The molecule has 0 spiro atoms. The van der Waals surface area contributed by atoms with Crippen molar-refractivity contribution in [3.05, 3.63) is 65.5 Å². The summed E-state index contributed by atoms with van der Waals surface area (Å²) in [7, 11) is 0. The second kappa shape index (κ2) is 6.88. The summed E-state index contributed by atoms with van der Waals surface area (Å²) in [6.45, 7) is 3.64. The first-order valence-electron chi connectivity index (χ1n) is 7.71. The maximum absolute atomic E-state index is 5.60. The van der Waals surface area contributed by atoms with Crippen molar-refractivity contribution >= 4 is 17.3 Å². The van der Waals surface area contributed by atoms with Gasteiger partial charge in [-0.25, -0.2) is 0 Å². The lowest BCUT2D eigenvalue weighted by Crippen LogP contribution is -2.40. The van der Waals surface area contributed by atoms with Gasteiger partial charge in [0.2, 0.25) is 0 Å². The summed E-state index contributed by atoms with van der Waals surface area (Å²) in [5, 5.41) is 4.26. The van der Waals surface area contributed by atoms with Gasteiger partial charge in [0.25, 0.3) is 0 Å². The molecule has 0 amide bonds. The largest absolute Gasteiger partial charge is 0.360 e. The molecule has 1 aromatic heterocycles. The van der Waals surface area contributed by atoms with Crippen molar-refractivity contribution in [2.24, 2.45) is 0 Å². The van der Waals surface area contributed by atoms with Crippen LogP contribution in [0.15, 0.2) is 48.7 Å². The Bertz CT molecular complexity index is 621. The van der Waals surface area contributed by atoms with E-state index in [2.05, 4.69) is 46.4 Å². The van der Waals surface area contributed by atoms with Crippen LogP contribution in [0.3, 0.4) is 0 Å². The summed E-state index contributed by atoms with van der Waals surface area (Å²) in [5.74, 6) is 0. The molecular formula is C18H21N3S. The number of pyridine rings is 1. The van der Waals surface area contributed by atoms with Crippen LogP contribution in [0.1, 0.15) is 29.7 Å². The number of nitrogens with zero attached hydrogens (tertiary/aromatic N) is 2. The molecule has 22 heavy (non-hydrogen) atoms. The van der Waals surface area contributed by atoms with Crippen molar-refractivity contribution in [1.82, 2.24) is 15.2 Å². The van der Waals surface area contributed by atoms with Crippen LogP contribution in [-0.4, -0.2) is 21.0 Å². The molecule has 3 nitrogen and oxygen atoms in total. The van der Waals surface area contributed by atoms with Gasteiger partial charge in [-0.1, -0.05) is 35.9 Å². The predicted molar refractivity (Wildman–Crippen MR) is 93.4 cm³/mol. The zero-order chi connectivity index (χ0) is 15.4. The molecule has 0 atom stereocenters. The Morgan fingerprint density at radius 1 is 1.18 bits per heavy atom. The van der Waals surface area contributed by atoms with Gasteiger partial charge in [0.05, 0.1) is 12.2 Å². The van der Waals surface area contributed by atoms with Crippen LogP contribution in [0.2, 0.25) is 0 Å². The van der Waals surface area contributed by atoms with Gasteiger partial charge in [0.1, 0.15) is 0 Å². The lowest BCUT2D eigenvalue weighted by molar-refractivity contribution is 0.393. The lowest BCUT2D eigenvalue weighted by Gasteiger charge is -2.26. The van der Waals surface area contributed by atoms with Gasteiger partial charge in [-0.3, -0.25) is 4.98 Å². The van der Waals surface area contributed by atoms with E-state index in [4.69, 9.17) is 12.2 Å². The molecule has 3 rings (SSSR count). The number of nitrogens with one attached hydrogen (secondary N) is 1. The number of thiocarbonyl (C=S) groups is 1. The average molecular weight is 311 g/mol. The van der Waals surface area contributed by atoms with Gasteiger partial charge >= 0.3 is 0 Å². The van der Waals surface area contributed by atoms with Crippen molar-refractivity contribution in [3.8, 4) is 0 Å². The van der Waals surface area contributed by atoms with Crippen molar-refractivity contribution < 1.29 is 0 Å². The molecule has 0 unspecified atom stereocenters. The summed E-state index contributed by atoms with van der Waals surface area (Å²) in [4.78, 5) is 6.62. The molecule has 1 fully saturated rings. The molecule has 0 saturated heterocycles. The molecule has 0 bridgehead atoms. The summed E-state index contributed by atoms with van der Waals surface area (Å²) >= 11 is 5.60. The van der Waals surface area contributed by atoms with Crippen LogP contribution in [-0.2, 0) is 13.1 Å². The lowest BCUT2D eigenvalue weighted by atomic mass is 10.1. The number of hydrogen-bond donors (Lipinski definition) is 1. The normalized spacial score (nSPS) is 13.7. The molecule has 1 heterocycles. The number of rotatable bonds is 5. The van der Waals surface area contributed by atoms with E-state index < -0.39 is 0 Å². The highest BCUT2D eigenvalue weighted by Gasteiger charge is 2.24. The van der Waals surface area contributed by atoms with Gasteiger partial charge < -0.3 is 10.2 Å². The van der Waals surface area contributed by atoms with E-state index >= 15 is 0 Å². The van der Waals surface area contributed by atoms with Gasteiger partial charge in [-0.15, -0.1) is 0 Å². The topological polar surface area (TPSA) is 28.2 Å². The van der Waals surface area contributed by atoms with Gasteiger partial charge in [-0.05, 0) is 49.7 Å². The molecule has 4 heteroatoms. The van der Waals surface area contributed by atoms with Crippen molar-refractivity contribution in [2.75, 3.05) is 0 Å². The highest BCUT2D eigenvalue weighted by Crippen LogP contribution is 2.20. The quantitative estimate of drug-likeness (QED) is 0.856. The van der Waals surface area contributed by atoms with Gasteiger partial charge in [0, 0.05) is 18.8 Å². The molecular weight excluding hydrogens is 290 g/mol. The maximum atomic E-state index is 5.60. The fourth-order valence-corrected chi connectivity index (χ4v) is 2.59. The second-order valence-corrected chi connectivity index (χ2v) is 6.27. The van der Waals surface area contributed by atoms with Crippen LogP contribution in [0.5, 0.6) is 0 Å². The number of aromatic nitrogens is 1. The number of aryl methyl sites for hydroxylation is 1. The van der Waals surface area contributed by atoms with Gasteiger partial charge in [-0.2, -0.15) is 0 Å². The molecule has 1 aromatic carbocycles. The van der Waals surface area contributed by atoms with E-state index in [9.17, 15) is 0 Å². The minimum absolute atomic E-state index is 0.566. The number of hydrogen-bond acceptors (Lipinski definition) is 2. The van der Waals surface area contributed by atoms with E-state index in [-0.39, 0.29) is 0 Å². The fourth-order valence-electron chi connectivity index (χ4n) is 2.29. The second-order valence-electron chi connectivity index (χ2n) is 5.89. The monoisotopic (exact) mass is 311 g/mol. The van der Waals surface area contributed by atoms with Crippen LogP contribution in [0.25, 0.3) is 0 Å². The molecule has 1 N–H and O–H groups in total. The van der Waals surface area contributed by atoms with Crippen molar-refractivity contribution in [3.63, 3.8) is 0 Å². The molecule has 1 aliphatic carbocycles. The average Bonchev–Trinajstić information content (AvgIpc) is 3.34. The summed E-state index contributed by atoms with van der Waals surface area (Å²) < 4.78 is 0. The number of benzene rings is 1. The Balaban J connectivity index is 1.72. The zero-order valence-corrected chi connectivity index (χ0v) is 13.6. The van der Waals surface area contributed by atoms with E-state index in [1.165, 1.54) is 24.0 Å². The van der Waals surface area contributed by atoms with E-state index in [1.807, 2.05) is 24.4 Å². The smallest absolute Gasteiger partial charge is 0.169 e. The zero-order valence-electron chi connectivity index (χ0n) is 12.8. The van der Waals surface area contributed by atoms with E-state index in [0.29, 0.717) is 6.04 Å². The Kier molecular flexibility index (Phi) is 4.68. The molecule has 0 aliphatic heterocycles. The van der Waals surface area contributed by atoms with Crippen LogP contribution < -0.4 is 5.32 Å². The standard InChI is InChI=1S/C18H21N3S/c1-14-5-7-15(8-6-14)12-21(18(22)20-16-9-10-16)13-17-4-2-3-11-19-17/h2-8,11,16H,9-10,12-13H2,1H3,(H,20,22). The summed E-state index contributed by atoms with van der Waals surface area (Å²) in [5.41, 5.74) is 3.58. The minimum atomic E-state index is 0.566. The Labute approximate surface area is 137 Å². The highest BCUT2D eigenvalue weighted by molar-refractivity contribution is 7.80. The van der Waals surface area contributed by atoms with Crippen molar-refractivity contribution in [2.45, 2.75) is 38.9 Å². The molecule has 114 valence electrons. The Hall–Kier alpha value is -1.94. The predicted octanol–water partition coefficient (Wildman–Crippen LogP) is 3.43. The Morgan fingerprint density at radius 3 is 2.59 bits per heavy atom. The molecule has 1 aliphatic rings. The summed E-state index contributed by atoms with van der Waals surface area (Å²) in [6, 6.07) is 15.2. The first kappa shape index (κ1) is 15.0. The fraction of sp³-hybridized carbons (Fsp3) is 0.333. The highest BCUT2D eigenvalue weighted by atomic mass is 32.1. The molecule has 2 aromatic rings. The third kappa shape index (κ3) is 4.28. The van der Waals surface area contributed by atoms with Crippen molar-refractivity contribution in [1.29, 1.82) is 0 Å². The van der Waals surface area contributed by atoms with Gasteiger partial charge in [0.15, 0.2) is 5.11 Å². The first-order chi connectivity index (χ1) is 10.7. The van der Waals surface area contributed by atoms with Crippen LogP contribution in [0, 0.1) is 6.92 Å². The Morgan fingerprint density at radius 2 is 1.95 bits per heavy atom. The minimum Gasteiger partial charge on any atom is -0.360 e. The SMILES string of the molecule is Cc1ccc(CN(Cc2ccccn2)C(=S)NC2CC2)cc1. The van der Waals surface area contributed by atoms with E-state index in [0.717, 1.165) is 23.9 Å². The first-order valence-corrected chi connectivity index (χ1v) is 8.12. The van der Waals surface area contributed by atoms with Crippen LogP contribution >= 0.6 is 12.2 Å².